The van der Waals surface area contributed by atoms with Gasteiger partial charge in [-0.05, 0) is 43.4 Å². The van der Waals surface area contributed by atoms with Gasteiger partial charge in [-0.15, -0.1) is 0 Å². The van der Waals surface area contributed by atoms with E-state index in [-0.39, 0.29) is 5.54 Å². The van der Waals surface area contributed by atoms with E-state index in [1.165, 1.54) is 5.56 Å². The van der Waals surface area contributed by atoms with Crippen LogP contribution in [-0.4, -0.2) is 6.08 Å². The summed E-state index contributed by atoms with van der Waals surface area (Å²) in [6.07, 6.45) is 4.77. The minimum absolute atomic E-state index is 0.271. The van der Waals surface area contributed by atoms with Gasteiger partial charge in [-0.1, -0.05) is 28.1 Å². The number of aryl methyl sites for hydroxylation is 1. The van der Waals surface area contributed by atoms with Gasteiger partial charge in [-0.25, -0.2) is 4.79 Å². The first-order valence-corrected chi connectivity index (χ1v) is 5.83. The summed E-state index contributed by atoms with van der Waals surface area (Å²) in [6, 6.07) is 6.16. The highest BCUT2D eigenvalue weighted by atomic mass is 79.9. The third-order valence-electron chi connectivity index (χ3n) is 3.14. The maximum absolute atomic E-state index is 10.4. The summed E-state index contributed by atoms with van der Waals surface area (Å²) in [5, 5.41) is 0. The van der Waals surface area contributed by atoms with Gasteiger partial charge in [-0.2, -0.15) is 4.99 Å². The number of benzene rings is 1. The number of hydrogen-bond acceptors (Lipinski definition) is 2. The predicted molar refractivity (Wildman–Crippen MR) is 62.5 cm³/mol. The van der Waals surface area contributed by atoms with Crippen LogP contribution in [0.1, 0.15) is 30.4 Å². The molecule has 1 aliphatic rings. The summed E-state index contributed by atoms with van der Waals surface area (Å²) in [6.45, 7) is 2.05. The van der Waals surface area contributed by atoms with E-state index in [1.807, 2.05) is 19.1 Å². The smallest absolute Gasteiger partial charge is 0.211 e. The first-order valence-electron chi connectivity index (χ1n) is 5.04. The molecule has 0 radical (unpaired) electrons. The SMILES string of the molecule is Cc1cc(C2(N=C=O)CCC2)ccc1Br. The van der Waals surface area contributed by atoms with E-state index in [0.717, 1.165) is 29.3 Å². The van der Waals surface area contributed by atoms with Gasteiger partial charge in [0.15, 0.2) is 0 Å². The molecule has 0 atom stereocenters. The zero-order chi connectivity index (χ0) is 10.9. The number of halogens is 1. The van der Waals surface area contributed by atoms with Gasteiger partial charge in [0.05, 0.1) is 5.54 Å². The van der Waals surface area contributed by atoms with Crippen molar-refractivity contribution >= 4 is 22.0 Å². The number of hydrogen-bond donors (Lipinski definition) is 0. The molecular weight excluding hydrogens is 254 g/mol. The zero-order valence-electron chi connectivity index (χ0n) is 8.59. The average Bonchev–Trinajstić information content (AvgIpc) is 2.16. The van der Waals surface area contributed by atoms with Crippen LogP contribution in [0.4, 0.5) is 0 Å². The van der Waals surface area contributed by atoms with Crippen molar-refractivity contribution < 1.29 is 4.79 Å². The van der Waals surface area contributed by atoms with E-state index in [2.05, 4.69) is 27.0 Å². The molecule has 0 spiro atoms. The molecule has 0 N–H and O–H groups in total. The summed E-state index contributed by atoms with van der Waals surface area (Å²) in [5.74, 6) is 0. The Morgan fingerprint density at radius 3 is 2.67 bits per heavy atom. The Morgan fingerprint density at radius 2 is 2.20 bits per heavy atom. The third kappa shape index (κ3) is 1.77. The van der Waals surface area contributed by atoms with E-state index < -0.39 is 0 Å². The Hall–Kier alpha value is -0.920. The average molecular weight is 266 g/mol. The molecule has 0 bridgehead atoms. The first kappa shape index (κ1) is 10.6. The highest BCUT2D eigenvalue weighted by molar-refractivity contribution is 9.10. The lowest BCUT2D eigenvalue weighted by molar-refractivity contribution is 0.256. The second-order valence-corrected chi connectivity index (χ2v) is 4.91. The molecule has 0 unspecified atom stereocenters. The van der Waals surface area contributed by atoms with Crippen molar-refractivity contribution in [3.8, 4) is 0 Å². The van der Waals surface area contributed by atoms with E-state index >= 15 is 0 Å². The van der Waals surface area contributed by atoms with E-state index in [4.69, 9.17) is 0 Å². The minimum Gasteiger partial charge on any atom is -0.211 e. The molecule has 1 aliphatic carbocycles. The summed E-state index contributed by atoms with van der Waals surface area (Å²) in [4.78, 5) is 14.4. The summed E-state index contributed by atoms with van der Waals surface area (Å²) in [7, 11) is 0. The van der Waals surface area contributed by atoms with Crippen LogP contribution in [0, 0.1) is 6.92 Å². The molecule has 3 heteroatoms. The van der Waals surface area contributed by atoms with Crippen LogP contribution in [0.15, 0.2) is 27.7 Å². The normalized spacial score (nSPS) is 17.7. The molecule has 2 nitrogen and oxygen atoms in total. The van der Waals surface area contributed by atoms with Crippen molar-refractivity contribution in [2.75, 3.05) is 0 Å². The molecule has 0 heterocycles. The van der Waals surface area contributed by atoms with Gasteiger partial charge in [0.1, 0.15) is 0 Å². The maximum Gasteiger partial charge on any atom is 0.235 e. The lowest BCUT2D eigenvalue weighted by Crippen LogP contribution is -2.31. The number of aliphatic imine (C=N–C) groups is 1. The van der Waals surface area contributed by atoms with Crippen molar-refractivity contribution in [3.05, 3.63) is 33.8 Å². The fourth-order valence-electron chi connectivity index (χ4n) is 2.00. The van der Waals surface area contributed by atoms with Gasteiger partial charge >= 0.3 is 0 Å². The van der Waals surface area contributed by atoms with Gasteiger partial charge in [0.25, 0.3) is 0 Å². The lowest BCUT2D eigenvalue weighted by atomic mass is 9.72. The molecule has 1 fully saturated rings. The van der Waals surface area contributed by atoms with Gasteiger partial charge in [-0.3, -0.25) is 0 Å². The monoisotopic (exact) mass is 265 g/mol. The van der Waals surface area contributed by atoms with Crippen molar-refractivity contribution in [1.29, 1.82) is 0 Å². The molecule has 1 saturated carbocycles. The van der Waals surface area contributed by atoms with Crippen LogP contribution in [0.5, 0.6) is 0 Å². The number of isocyanates is 1. The topological polar surface area (TPSA) is 29.4 Å². The van der Waals surface area contributed by atoms with Crippen molar-refractivity contribution in [2.45, 2.75) is 31.7 Å². The van der Waals surface area contributed by atoms with Gasteiger partial charge < -0.3 is 0 Å². The lowest BCUT2D eigenvalue weighted by Gasteiger charge is -2.37. The highest BCUT2D eigenvalue weighted by Crippen LogP contribution is 2.45. The van der Waals surface area contributed by atoms with Crippen LogP contribution >= 0.6 is 15.9 Å². The Balaban J connectivity index is 2.43. The molecule has 1 aromatic rings. The standard InChI is InChI=1S/C12H12BrNO/c1-9-7-10(3-4-11(9)13)12(14-8-15)5-2-6-12/h3-4,7H,2,5-6H2,1H3. The Morgan fingerprint density at radius 1 is 1.47 bits per heavy atom. The van der Waals surface area contributed by atoms with Crippen LogP contribution in [-0.2, 0) is 10.3 Å². The molecule has 78 valence electrons. The Labute approximate surface area is 97.5 Å². The fourth-order valence-corrected chi connectivity index (χ4v) is 2.24. The van der Waals surface area contributed by atoms with Crippen molar-refractivity contribution in [3.63, 3.8) is 0 Å². The zero-order valence-corrected chi connectivity index (χ0v) is 10.2. The second kappa shape index (κ2) is 3.92. The number of rotatable bonds is 2. The molecule has 0 aromatic heterocycles. The maximum atomic E-state index is 10.4. The van der Waals surface area contributed by atoms with Crippen LogP contribution in [0.2, 0.25) is 0 Å². The van der Waals surface area contributed by atoms with E-state index in [9.17, 15) is 4.79 Å². The molecule has 0 amide bonds. The second-order valence-electron chi connectivity index (χ2n) is 4.05. The minimum atomic E-state index is -0.271. The molecule has 0 saturated heterocycles. The van der Waals surface area contributed by atoms with E-state index in [1.54, 1.807) is 6.08 Å². The molecule has 0 aliphatic heterocycles. The fraction of sp³-hybridized carbons (Fsp3) is 0.417. The van der Waals surface area contributed by atoms with E-state index in [0.29, 0.717) is 0 Å². The van der Waals surface area contributed by atoms with Crippen LogP contribution < -0.4 is 0 Å². The quantitative estimate of drug-likeness (QED) is 0.595. The largest absolute Gasteiger partial charge is 0.235 e. The molecule has 2 rings (SSSR count). The number of carbonyl (C=O) groups excluding carboxylic acids is 1. The summed E-state index contributed by atoms with van der Waals surface area (Å²) < 4.78 is 1.09. The van der Waals surface area contributed by atoms with Crippen LogP contribution in [0.25, 0.3) is 0 Å². The first-order chi connectivity index (χ1) is 7.18. The number of nitrogens with zero attached hydrogens (tertiary/aromatic N) is 1. The molecule has 15 heavy (non-hydrogen) atoms. The van der Waals surface area contributed by atoms with Crippen LogP contribution in [0.3, 0.4) is 0 Å². The summed E-state index contributed by atoms with van der Waals surface area (Å²) >= 11 is 3.47. The third-order valence-corrected chi connectivity index (χ3v) is 4.03. The van der Waals surface area contributed by atoms with Gasteiger partial charge in [0.2, 0.25) is 6.08 Å². The van der Waals surface area contributed by atoms with Gasteiger partial charge in [0, 0.05) is 4.47 Å². The Bertz CT molecular complexity index is 431. The Kier molecular flexibility index (Phi) is 2.76. The highest BCUT2D eigenvalue weighted by Gasteiger charge is 2.38. The molecular formula is C12H12BrNO. The van der Waals surface area contributed by atoms with Crippen molar-refractivity contribution in [1.82, 2.24) is 0 Å². The van der Waals surface area contributed by atoms with Crippen molar-refractivity contribution in [2.24, 2.45) is 4.99 Å². The molecule has 1 aromatic carbocycles. The summed E-state index contributed by atoms with van der Waals surface area (Å²) in [5.41, 5.74) is 2.05. The predicted octanol–water partition coefficient (Wildman–Crippen LogP) is 3.47.